The Kier molecular flexibility index (Phi) is 2.83. The van der Waals surface area contributed by atoms with E-state index >= 15 is 0 Å². The molecule has 0 saturated heterocycles. The number of nitrogen functional groups attached to an aromatic ring is 1. The van der Waals surface area contributed by atoms with E-state index in [4.69, 9.17) is 10.2 Å². The monoisotopic (exact) mass is 253 g/mol. The van der Waals surface area contributed by atoms with Crippen molar-refractivity contribution in [3.63, 3.8) is 0 Å². The highest BCUT2D eigenvalue weighted by molar-refractivity contribution is 6.00. The highest BCUT2D eigenvalue weighted by Crippen LogP contribution is 2.27. The van der Waals surface area contributed by atoms with Gasteiger partial charge in [0.1, 0.15) is 11.5 Å². The lowest BCUT2D eigenvalue weighted by Gasteiger charge is -2.10. The lowest BCUT2D eigenvalue weighted by molar-refractivity contribution is 0.490. The SMILES string of the molecule is Cc1ccc(CNc2ccc(N)c3cnccc23)o1. The summed E-state index contributed by atoms with van der Waals surface area (Å²) < 4.78 is 5.54. The molecule has 2 aromatic heterocycles. The van der Waals surface area contributed by atoms with E-state index in [1.165, 1.54) is 0 Å². The highest BCUT2D eigenvalue weighted by Gasteiger charge is 2.05. The molecule has 0 fully saturated rings. The summed E-state index contributed by atoms with van der Waals surface area (Å²) in [7, 11) is 0. The summed E-state index contributed by atoms with van der Waals surface area (Å²) in [6.07, 6.45) is 3.55. The van der Waals surface area contributed by atoms with Crippen molar-refractivity contribution < 1.29 is 4.42 Å². The van der Waals surface area contributed by atoms with Gasteiger partial charge in [0.2, 0.25) is 0 Å². The summed E-state index contributed by atoms with van der Waals surface area (Å²) in [5.41, 5.74) is 7.72. The maximum Gasteiger partial charge on any atom is 0.123 e. The number of rotatable bonds is 3. The molecule has 1 aromatic carbocycles. The van der Waals surface area contributed by atoms with Crippen LogP contribution in [-0.4, -0.2) is 4.98 Å². The average molecular weight is 253 g/mol. The fourth-order valence-electron chi connectivity index (χ4n) is 2.13. The van der Waals surface area contributed by atoms with Crippen LogP contribution in [0, 0.1) is 6.92 Å². The van der Waals surface area contributed by atoms with Gasteiger partial charge < -0.3 is 15.5 Å². The molecular weight excluding hydrogens is 238 g/mol. The van der Waals surface area contributed by atoms with Gasteiger partial charge in [0.25, 0.3) is 0 Å². The van der Waals surface area contributed by atoms with Gasteiger partial charge in [-0.25, -0.2) is 0 Å². The lowest BCUT2D eigenvalue weighted by atomic mass is 10.1. The molecule has 0 spiro atoms. The number of furan rings is 1. The Balaban J connectivity index is 1.91. The van der Waals surface area contributed by atoms with E-state index in [0.29, 0.717) is 6.54 Å². The van der Waals surface area contributed by atoms with Crippen LogP contribution in [-0.2, 0) is 6.54 Å². The quantitative estimate of drug-likeness (QED) is 0.703. The van der Waals surface area contributed by atoms with E-state index in [2.05, 4.69) is 10.3 Å². The molecule has 19 heavy (non-hydrogen) atoms. The number of aryl methyl sites for hydroxylation is 1. The number of aromatic nitrogens is 1. The van der Waals surface area contributed by atoms with E-state index in [9.17, 15) is 0 Å². The van der Waals surface area contributed by atoms with Crippen LogP contribution >= 0.6 is 0 Å². The molecule has 0 aliphatic rings. The van der Waals surface area contributed by atoms with Gasteiger partial charge in [-0.2, -0.15) is 0 Å². The van der Waals surface area contributed by atoms with Gasteiger partial charge in [-0.15, -0.1) is 0 Å². The van der Waals surface area contributed by atoms with Crippen LogP contribution in [0.5, 0.6) is 0 Å². The van der Waals surface area contributed by atoms with Crippen LogP contribution in [0.2, 0.25) is 0 Å². The number of anilines is 2. The van der Waals surface area contributed by atoms with Crippen LogP contribution < -0.4 is 11.1 Å². The van der Waals surface area contributed by atoms with Gasteiger partial charge in [0.15, 0.2) is 0 Å². The summed E-state index contributed by atoms with van der Waals surface area (Å²) in [6, 6.07) is 9.76. The number of pyridine rings is 1. The van der Waals surface area contributed by atoms with E-state index < -0.39 is 0 Å². The predicted molar refractivity (Wildman–Crippen MR) is 76.9 cm³/mol. The van der Waals surface area contributed by atoms with Gasteiger partial charge in [-0.1, -0.05) is 0 Å². The number of hydrogen-bond acceptors (Lipinski definition) is 4. The molecule has 3 N–H and O–H groups in total. The molecule has 3 aromatic rings. The largest absolute Gasteiger partial charge is 0.465 e. The van der Waals surface area contributed by atoms with Crippen LogP contribution in [0.1, 0.15) is 11.5 Å². The maximum absolute atomic E-state index is 5.95. The first-order valence-electron chi connectivity index (χ1n) is 6.15. The van der Waals surface area contributed by atoms with Gasteiger partial charge in [-0.3, -0.25) is 4.98 Å². The third-order valence-corrected chi connectivity index (χ3v) is 3.10. The van der Waals surface area contributed by atoms with Crippen molar-refractivity contribution >= 4 is 22.1 Å². The van der Waals surface area contributed by atoms with E-state index in [1.54, 1.807) is 12.4 Å². The number of hydrogen-bond donors (Lipinski definition) is 2. The Bertz CT molecular complexity index is 718. The Morgan fingerprint density at radius 2 is 2.05 bits per heavy atom. The molecule has 0 radical (unpaired) electrons. The number of nitrogens with two attached hydrogens (primary N) is 1. The predicted octanol–water partition coefficient (Wildman–Crippen LogP) is 3.33. The number of benzene rings is 1. The molecule has 0 unspecified atom stereocenters. The van der Waals surface area contributed by atoms with E-state index in [-0.39, 0.29) is 0 Å². The van der Waals surface area contributed by atoms with Gasteiger partial charge in [0, 0.05) is 34.5 Å². The van der Waals surface area contributed by atoms with Crippen molar-refractivity contribution in [1.29, 1.82) is 0 Å². The lowest BCUT2D eigenvalue weighted by Crippen LogP contribution is -2.00. The van der Waals surface area contributed by atoms with Crippen molar-refractivity contribution in [2.75, 3.05) is 11.1 Å². The number of nitrogens with one attached hydrogen (secondary N) is 1. The van der Waals surface area contributed by atoms with Crippen LogP contribution in [0.25, 0.3) is 10.8 Å². The molecule has 4 nitrogen and oxygen atoms in total. The zero-order chi connectivity index (χ0) is 13.2. The van der Waals surface area contributed by atoms with E-state index in [0.717, 1.165) is 33.7 Å². The summed E-state index contributed by atoms with van der Waals surface area (Å²) in [4.78, 5) is 4.11. The van der Waals surface area contributed by atoms with Crippen molar-refractivity contribution in [3.8, 4) is 0 Å². The second-order valence-corrected chi connectivity index (χ2v) is 4.49. The van der Waals surface area contributed by atoms with Crippen molar-refractivity contribution in [1.82, 2.24) is 4.98 Å². The molecule has 0 aliphatic heterocycles. The summed E-state index contributed by atoms with van der Waals surface area (Å²) in [6.45, 7) is 2.59. The molecule has 0 bridgehead atoms. The molecule has 3 rings (SSSR count). The first-order valence-corrected chi connectivity index (χ1v) is 6.15. The minimum absolute atomic E-state index is 0.648. The maximum atomic E-state index is 5.95. The molecule has 0 aliphatic carbocycles. The Labute approximate surface area is 111 Å². The van der Waals surface area contributed by atoms with E-state index in [1.807, 2.05) is 37.3 Å². The molecule has 0 amide bonds. The Morgan fingerprint density at radius 1 is 1.16 bits per heavy atom. The van der Waals surface area contributed by atoms with Crippen molar-refractivity contribution in [3.05, 3.63) is 54.2 Å². The van der Waals surface area contributed by atoms with Gasteiger partial charge in [-0.05, 0) is 37.3 Å². The van der Waals surface area contributed by atoms with Gasteiger partial charge >= 0.3 is 0 Å². The molecule has 4 heteroatoms. The molecule has 0 saturated carbocycles. The van der Waals surface area contributed by atoms with Crippen LogP contribution in [0.15, 0.2) is 47.1 Å². The fourth-order valence-corrected chi connectivity index (χ4v) is 2.13. The second kappa shape index (κ2) is 4.65. The second-order valence-electron chi connectivity index (χ2n) is 4.49. The first kappa shape index (κ1) is 11.6. The molecule has 0 atom stereocenters. The average Bonchev–Trinajstić information content (AvgIpc) is 2.84. The summed E-state index contributed by atoms with van der Waals surface area (Å²) in [5.74, 6) is 1.83. The van der Waals surface area contributed by atoms with Crippen molar-refractivity contribution in [2.24, 2.45) is 0 Å². The summed E-state index contributed by atoms with van der Waals surface area (Å²) in [5, 5.41) is 5.40. The molecular formula is C15H15N3O. The van der Waals surface area contributed by atoms with Crippen LogP contribution in [0.3, 0.4) is 0 Å². The topological polar surface area (TPSA) is 64.1 Å². The zero-order valence-electron chi connectivity index (χ0n) is 10.7. The van der Waals surface area contributed by atoms with Crippen LogP contribution in [0.4, 0.5) is 11.4 Å². The fraction of sp³-hybridized carbons (Fsp3) is 0.133. The third-order valence-electron chi connectivity index (χ3n) is 3.10. The third kappa shape index (κ3) is 2.25. The standard InChI is InChI=1S/C15H15N3O/c1-10-2-3-11(19-10)8-18-15-5-4-14(16)13-9-17-7-6-12(13)15/h2-7,9,18H,8,16H2,1H3. The Morgan fingerprint density at radius 3 is 2.84 bits per heavy atom. The van der Waals surface area contributed by atoms with Crippen molar-refractivity contribution in [2.45, 2.75) is 13.5 Å². The van der Waals surface area contributed by atoms with Gasteiger partial charge in [0.05, 0.1) is 6.54 Å². The first-order chi connectivity index (χ1) is 9.24. The smallest absolute Gasteiger partial charge is 0.123 e. The zero-order valence-corrected chi connectivity index (χ0v) is 10.7. The number of nitrogens with zero attached hydrogens (tertiary/aromatic N) is 1. The minimum Gasteiger partial charge on any atom is -0.465 e. The molecule has 2 heterocycles. The number of fused-ring (bicyclic) bond motifs is 1. The normalized spacial score (nSPS) is 10.8. The Hall–Kier alpha value is -2.49. The highest BCUT2D eigenvalue weighted by atomic mass is 16.3. The molecule has 96 valence electrons. The summed E-state index contributed by atoms with van der Waals surface area (Å²) >= 11 is 0. The minimum atomic E-state index is 0.648.